The van der Waals surface area contributed by atoms with Crippen molar-refractivity contribution in [2.45, 2.75) is 205 Å². The number of unbranched alkanes of at least 4 members (excludes halogenated alkanes) is 14. The average Bonchev–Trinajstić information content (AvgIpc) is 3.57. The Balaban J connectivity index is 1.39. The molecule has 41 heavy (non-hydrogen) atoms. The van der Waals surface area contributed by atoms with Gasteiger partial charge in [0.05, 0.1) is 30.5 Å². The number of aliphatic hydroxyl groups is 3. The van der Waals surface area contributed by atoms with Gasteiger partial charge in [-0.25, -0.2) is 4.79 Å². The second-order valence-electron chi connectivity index (χ2n) is 12.9. The molecule has 0 aromatic carbocycles. The Kier molecular flexibility index (Phi) is 20.0. The normalized spacial score (nSPS) is 23.0. The molecule has 0 amide bonds. The molecule has 2 heterocycles. The molecule has 6 atom stereocenters. The van der Waals surface area contributed by atoms with Gasteiger partial charge >= 0.3 is 5.97 Å². The lowest BCUT2D eigenvalue weighted by molar-refractivity contribution is -0.139. The van der Waals surface area contributed by atoms with E-state index in [9.17, 15) is 20.1 Å². The van der Waals surface area contributed by atoms with Gasteiger partial charge in [-0.1, -0.05) is 110 Å². The van der Waals surface area contributed by atoms with Gasteiger partial charge in [0.25, 0.3) is 0 Å². The van der Waals surface area contributed by atoms with Crippen LogP contribution in [0.1, 0.15) is 168 Å². The van der Waals surface area contributed by atoms with Gasteiger partial charge in [-0.2, -0.15) is 0 Å². The topological polar surface area (TPSA) is 96.2 Å². The Bertz CT molecular complexity index is 694. The first-order valence-corrected chi connectivity index (χ1v) is 17.5. The van der Waals surface area contributed by atoms with Crippen molar-refractivity contribution in [2.75, 3.05) is 0 Å². The molecule has 240 valence electrons. The third-order valence-corrected chi connectivity index (χ3v) is 9.06. The molecule has 0 aromatic heterocycles. The first-order chi connectivity index (χ1) is 19.9. The second-order valence-corrected chi connectivity index (χ2v) is 12.9. The van der Waals surface area contributed by atoms with Crippen molar-refractivity contribution in [3.8, 4) is 0 Å². The molecule has 6 nitrogen and oxygen atoms in total. The Morgan fingerprint density at radius 2 is 1.12 bits per heavy atom. The van der Waals surface area contributed by atoms with Crippen molar-refractivity contribution in [3.05, 3.63) is 11.6 Å². The highest BCUT2D eigenvalue weighted by Gasteiger charge is 2.34. The van der Waals surface area contributed by atoms with E-state index in [0.717, 1.165) is 102 Å². The van der Waals surface area contributed by atoms with Crippen molar-refractivity contribution < 1.29 is 29.6 Å². The Hall–Kier alpha value is -0.950. The molecule has 0 spiro atoms. The molecule has 2 aliphatic heterocycles. The number of esters is 1. The van der Waals surface area contributed by atoms with E-state index in [4.69, 9.17) is 9.47 Å². The van der Waals surface area contributed by atoms with Crippen LogP contribution in [-0.4, -0.2) is 57.9 Å². The lowest BCUT2D eigenvalue weighted by atomic mass is 9.99. The van der Waals surface area contributed by atoms with Crippen LogP contribution < -0.4 is 0 Å². The van der Waals surface area contributed by atoms with Crippen LogP contribution in [0.5, 0.6) is 0 Å². The summed E-state index contributed by atoms with van der Waals surface area (Å²) in [6.07, 6.45) is 26.2. The summed E-state index contributed by atoms with van der Waals surface area (Å²) in [4.78, 5) is 11.6. The Morgan fingerprint density at radius 1 is 0.683 bits per heavy atom. The van der Waals surface area contributed by atoms with Crippen LogP contribution in [0.2, 0.25) is 0 Å². The quantitative estimate of drug-likeness (QED) is 0.0707. The summed E-state index contributed by atoms with van der Waals surface area (Å²) in [7, 11) is 0. The highest BCUT2D eigenvalue weighted by atomic mass is 16.5. The van der Waals surface area contributed by atoms with Crippen LogP contribution in [0.15, 0.2) is 11.6 Å². The van der Waals surface area contributed by atoms with Gasteiger partial charge in [-0.3, -0.25) is 0 Å². The van der Waals surface area contributed by atoms with E-state index in [-0.39, 0.29) is 30.4 Å². The SMILES string of the molecule is CCCCCCCCCCCC[C@@H](O)[C@H]1CC[C@H]([C@H](O)CCCCC[C@@H](O)CCCCCCC2=C[C@H](C)OC2=O)O1. The maximum atomic E-state index is 11.6. The van der Waals surface area contributed by atoms with Crippen molar-refractivity contribution in [1.29, 1.82) is 0 Å². The number of carbonyl (C=O) groups is 1. The summed E-state index contributed by atoms with van der Waals surface area (Å²) >= 11 is 0. The molecular weight excluding hydrogens is 516 g/mol. The second kappa shape index (κ2) is 22.6. The lowest BCUT2D eigenvalue weighted by Crippen LogP contribution is -2.31. The molecular formula is C35H64O6. The summed E-state index contributed by atoms with van der Waals surface area (Å²) in [5.74, 6) is -0.158. The molecule has 6 heteroatoms. The van der Waals surface area contributed by atoms with E-state index in [1.807, 2.05) is 13.0 Å². The van der Waals surface area contributed by atoms with Crippen molar-refractivity contribution in [2.24, 2.45) is 0 Å². The summed E-state index contributed by atoms with van der Waals surface area (Å²) in [6, 6.07) is 0. The minimum Gasteiger partial charge on any atom is -0.455 e. The highest BCUT2D eigenvalue weighted by molar-refractivity contribution is 5.90. The molecule has 0 aliphatic carbocycles. The van der Waals surface area contributed by atoms with Crippen LogP contribution in [0.4, 0.5) is 0 Å². The van der Waals surface area contributed by atoms with E-state index in [1.54, 1.807) is 0 Å². The number of hydrogen-bond donors (Lipinski definition) is 3. The van der Waals surface area contributed by atoms with Crippen LogP contribution in [-0.2, 0) is 14.3 Å². The molecule has 0 aromatic rings. The lowest BCUT2D eigenvalue weighted by Gasteiger charge is -2.22. The summed E-state index contributed by atoms with van der Waals surface area (Å²) in [6.45, 7) is 4.15. The van der Waals surface area contributed by atoms with Gasteiger partial charge < -0.3 is 24.8 Å². The van der Waals surface area contributed by atoms with Gasteiger partial charge in [-0.15, -0.1) is 0 Å². The zero-order valence-electron chi connectivity index (χ0n) is 26.6. The molecule has 0 saturated carbocycles. The number of ether oxygens (including phenoxy) is 2. The fraction of sp³-hybridized carbons (Fsp3) is 0.914. The zero-order chi connectivity index (χ0) is 29.7. The number of aliphatic hydroxyl groups excluding tert-OH is 3. The molecule has 2 rings (SSSR count). The standard InChI is InChI=1S/C35H64O6/c1-3-4-5-6-7-8-9-10-11-18-23-31(37)33-25-26-34(41-33)32(38)24-19-14-17-22-30(36)21-16-13-12-15-20-29-27-28(2)40-35(29)39/h27-28,30-34,36-38H,3-26H2,1-2H3/t28-,30-,31+,32+,33+,34+/m0/s1. The minimum absolute atomic E-state index is 0.0812. The Labute approximate surface area is 251 Å². The number of carbonyl (C=O) groups excluding carboxylic acids is 1. The molecule has 1 saturated heterocycles. The van der Waals surface area contributed by atoms with Crippen molar-refractivity contribution in [3.63, 3.8) is 0 Å². The predicted molar refractivity (Wildman–Crippen MR) is 167 cm³/mol. The average molecular weight is 581 g/mol. The molecule has 3 N–H and O–H groups in total. The summed E-state index contributed by atoms with van der Waals surface area (Å²) in [5.41, 5.74) is 0.819. The fourth-order valence-corrected chi connectivity index (χ4v) is 6.39. The first-order valence-electron chi connectivity index (χ1n) is 17.5. The van der Waals surface area contributed by atoms with Crippen LogP contribution in [0, 0.1) is 0 Å². The number of cyclic esters (lactones) is 1. The van der Waals surface area contributed by atoms with Crippen LogP contribution in [0.25, 0.3) is 0 Å². The Morgan fingerprint density at radius 3 is 1.61 bits per heavy atom. The van der Waals surface area contributed by atoms with Gasteiger partial charge in [0.2, 0.25) is 0 Å². The van der Waals surface area contributed by atoms with Crippen molar-refractivity contribution >= 4 is 5.97 Å². The van der Waals surface area contributed by atoms with Crippen LogP contribution >= 0.6 is 0 Å². The van der Waals surface area contributed by atoms with Crippen LogP contribution in [0.3, 0.4) is 0 Å². The zero-order valence-corrected chi connectivity index (χ0v) is 26.6. The van der Waals surface area contributed by atoms with E-state index < -0.39 is 12.2 Å². The maximum absolute atomic E-state index is 11.6. The molecule has 0 unspecified atom stereocenters. The third kappa shape index (κ3) is 16.5. The van der Waals surface area contributed by atoms with E-state index in [2.05, 4.69) is 6.92 Å². The van der Waals surface area contributed by atoms with Gasteiger partial charge in [0.15, 0.2) is 0 Å². The smallest absolute Gasteiger partial charge is 0.334 e. The summed E-state index contributed by atoms with van der Waals surface area (Å²) < 4.78 is 11.2. The minimum atomic E-state index is -0.459. The molecule has 0 radical (unpaired) electrons. The van der Waals surface area contributed by atoms with E-state index in [0.29, 0.717) is 0 Å². The summed E-state index contributed by atoms with van der Waals surface area (Å²) in [5, 5.41) is 31.5. The van der Waals surface area contributed by atoms with Gasteiger partial charge in [0.1, 0.15) is 6.10 Å². The van der Waals surface area contributed by atoms with Gasteiger partial charge in [0, 0.05) is 5.57 Å². The first kappa shape index (κ1) is 36.2. The monoisotopic (exact) mass is 580 g/mol. The molecule has 1 fully saturated rings. The van der Waals surface area contributed by atoms with E-state index in [1.165, 1.54) is 57.8 Å². The predicted octanol–water partition coefficient (Wildman–Crippen LogP) is 8.09. The number of hydrogen-bond acceptors (Lipinski definition) is 6. The molecule has 2 aliphatic rings. The van der Waals surface area contributed by atoms with E-state index >= 15 is 0 Å². The highest BCUT2D eigenvalue weighted by Crippen LogP contribution is 2.28. The molecule has 0 bridgehead atoms. The third-order valence-electron chi connectivity index (χ3n) is 9.06. The number of rotatable bonds is 26. The largest absolute Gasteiger partial charge is 0.455 e. The maximum Gasteiger partial charge on any atom is 0.334 e. The van der Waals surface area contributed by atoms with Crippen molar-refractivity contribution in [1.82, 2.24) is 0 Å². The van der Waals surface area contributed by atoms with Gasteiger partial charge in [-0.05, 0) is 64.4 Å². The fourth-order valence-electron chi connectivity index (χ4n) is 6.39.